The molecule has 18 amide bonds. The number of amides is 18. The third-order valence-corrected chi connectivity index (χ3v) is 22.9. The molecular formula is C88H135N29O20S2. The Bertz CT molecular complexity index is 4840. The fraction of sp³-hybridized carbons (Fsp3) is 0.523. The zero-order valence-electron chi connectivity index (χ0n) is 77.2. The van der Waals surface area contributed by atoms with E-state index in [1.165, 1.54) is 48.5 Å². The van der Waals surface area contributed by atoms with Gasteiger partial charge in [0.05, 0.1) is 0 Å². The maximum absolute atomic E-state index is 15.2. The SMILES string of the molecule is N=C(N)NCCC[C@H](NC(=O)[C@H](CS)NC(=O)[C@H](CCCNC(N)=O)NC(=O)[C@H](CCCNC(=N)N)NC(=O)[C@H](Cc1ccc(O)cc1)NC(=O)[C@@H]1CCCN1C(=O)[C@@H](CCC(=O)O)NC(=O)[C@H](CCCCN)NC(=O)[C@H](CCCNC(N)=O)NC(=O)[C@H](Cc1ccc(O)cc1)NC(=O)[C@H](CS)NC(=O)[C@H](Cc1ccc2ccccc2c1)NC(=O)[C@H](CCCNC(=N)N)NC(=O)CCCCN)C(N)=O. The number of phenols is 2. The molecule has 1 fully saturated rings. The van der Waals surface area contributed by atoms with Gasteiger partial charge in [0.2, 0.25) is 82.7 Å². The second-order valence-corrected chi connectivity index (χ2v) is 33.9. The Labute approximate surface area is 814 Å². The van der Waals surface area contributed by atoms with E-state index >= 15 is 28.8 Å². The molecule has 764 valence electrons. The number of aromatic hydroxyl groups is 2. The normalized spacial score (nSPS) is 14.6. The number of guanidine groups is 3. The quantitative estimate of drug-likeness (QED) is 0.00847. The molecule has 4 aromatic rings. The Morgan fingerprint density at radius 1 is 0.360 bits per heavy atom. The highest BCUT2D eigenvalue weighted by atomic mass is 32.1. The molecule has 0 bridgehead atoms. The first-order valence-corrected chi connectivity index (χ1v) is 46.9. The van der Waals surface area contributed by atoms with Gasteiger partial charge in [0.25, 0.3) is 0 Å². The van der Waals surface area contributed by atoms with Gasteiger partial charge < -0.3 is 156 Å². The van der Waals surface area contributed by atoms with Crippen LogP contribution in [0.15, 0.2) is 91.0 Å². The van der Waals surface area contributed by atoms with Gasteiger partial charge in [-0.05, 0) is 180 Å². The summed E-state index contributed by atoms with van der Waals surface area (Å²) < 4.78 is 0. The van der Waals surface area contributed by atoms with Gasteiger partial charge in [0.1, 0.15) is 90.0 Å². The molecule has 51 heteroatoms. The van der Waals surface area contributed by atoms with Crippen molar-refractivity contribution in [3.63, 3.8) is 0 Å². The largest absolute Gasteiger partial charge is 0.508 e. The summed E-state index contributed by atoms with van der Waals surface area (Å²) in [5.41, 5.74) is 45.5. The summed E-state index contributed by atoms with van der Waals surface area (Å²) in [5, 5.41) is 99.1. The molecular weight excluding hydrogens is 1850 g/mol. The monoisotopic (exact) mass is 1980 g/mol. The number of carboxylic acids is 1. The van der Waals surface area contributed by atoms with Crippen molar-refractivity contribution in [2.75, 3.05) is 63.9 Å². The van der Waals surface area contributed by atoms with Crippen molar-refractivity contribution < 1.29 is 96.8 Å². The minimum absolute atomic E-state index is 0.00662. The van der Waals surface area contributed by atoms with Crippen molar-refractivity contribution in [3.05, 3.63) is 108 Å². The number of aliphatic carboxylic acids is 1. The molecule has 1 saturated heterocycles. The van der Waals surface area contributed by atoms with Crippen molar-refractivity contribution in [2.24, 2.45) is 45.9 Å². The molecule has 139 heavy (non-hydrogen) atoms. The first kappa shape index (κ1) is 115. The number of hydrogen-bond acceptors (Lipinski definition) is 26. The number of hydrogen-bond donors (Lipinski definition) is 33. The fourth-order valence-corrected chi connectivity index (χ4v) is 15.3. The molecule has 0 spiro atoms. The van der Waals surface area contributed by atoms with Gasteiger partial charge >= 0.3 is 18.0 Å². The number of nitrogens with one attached hydrogen (secondary N) is 20. The van der Waals surface area contributed by atoms with E-state index in [1.807, 2.05) is 30.3 Å². The number of fused-ring (bicyclic) bond motifs is 1. The fourth-order valence-electron chi connectivity index (χ4n) is 14.8. The average molecular weight is 1980 g/mol. The van der Waals surface area contributed by atoms with E-state index in [0.29, 0.717) is 36.1 Å². The van der Waals surface area contributed by atoms with Crippen molar-refractivity contribution in [2.45, 2.75) is 226 Å². The number of primary amides is 3. The summed E-state index contributed by atoms with van der Waals surface area (Å²) in [6.45, 7) is 0.123. The number of carbonyl (C=O) groups excluding carboxylic acids is 16. The number of phenolic OH excluding ortho intramolecular Hbond substituents is 2. The smallest absolute Gasteiger partial charge is 0.312 e. The van der Waals surface area contributed by atoms with Crippen LogP contribution in [0.3, 0.4) is 0 Å². The Morgan fingerprint density at radius 3 is 1.09 bits per heavy atom. The first-order chi connectivity index (χ1) is 66.2. The van der Waals surface area contributed by atoms with E-state index in [9.17, 15) is 68.1 Å². The number of rotatable bonds is 64. The summed E-state index contributed by atoms with van der Waals surface area (Å²) in [6, 6.07) is 1.62. The van der Waals surface area contributed by atoms with Crippen LogP contribution in [0.1, 0.15) is 145 Å². The predicted molar refractivity (Wildman–Crippen MR) is 520 cm³/mol. The number of carbonyl (C=O) groups is 17. The minimum Gasteiger partial charge on any atom is -0.508 e. The lowest BCUT2D eigenvalue weighted by Gasteiger charge is -2.31. The zero-order chi connectivity index (χ0) is 103. The van der Waals surface area contributed by atoms with Crippen LogP contribution >= 0.6 is 25.3 Å². The topological polar surface area (TPSA) is 838 Å². The summed E-state index contributed by atoms with van der Waals surface area (Å²) >= 11 is 8.67. The highest BCUT2D eigenvalue weighted by molar-refractivity contribution is 7.80. The summed E-state index contributed by atoms with van der Waals surface area (Å²) in [6.07, 6.45) is -1.72. The average Bonchev–Trinajstić information content (AvgIpc) is 0.977. The van der Waals surface area contributed by atoms with E-state index in [-0.39, 0.29) is 197 Å². The molecule has 49 nitrogen and oxygen atoms in total. The number of thiol groups is 2. The van der Waals surface area contributed by atoms with Gasteiger partial charge in [0, 0.05) is 82.9 Å². The third-order valence-electron chi connectivity index (χ3n) is 22.2. The molecule has 39 N–H and O–H groups in total. The van der Waals surface area contributed by atoms with Gasteiger partial charge in [-0.15, -0.1) is 0 Å². The van der Waals surface area contributed by atoms with Crippen molar-refractivity contribution in [1.82, 2.24) is 95.3 Å². The van der Waals surface area contributed by atoms with Gasteiger partial charge in [-0.1, -0.05) is 66.7 Å². The second-order valence-electron chi connectivity index (χ2n) is 33.2. The standard InChI is InChI=1S/C88H135N29O20S2/c89-35-5-3-15-58(107-73(125)60(19-10-40-103-87(98)136)109-77(129)63(44-49-24-29-54(118)30-25-49)113-81(133)67(48-139)116-79(131)65(46-51-23-28-52-13-1-2-14-53(52)43-51)112-72(124)57(17-8-38-101-85(94)95)105-69(120)22-4-6-36-90)75(127)111-62(33-34-70(121)122)83(135)117-42-12-21-68(117)82(134)114-64(45-50-26-31-55(119)32-27-50)78(130)110-59(18-9-39-102-86(96)97)74(126)108-61(20-11-41-104-88(99)137)76(128)115-66(47-138)80(132)106-56(71(91)123)16-7-37-100-84(92)93/h1-2,13-14,23-32,43,56-68,118-119,138-139H,3-12,15-22,33-42,44-48,89-90H2,(H2,91,123)(H,105,120)(H,106,132)(H,107,125)(H,108,126)(H,109,129)(H,110,130)(H,111,127)(H,112,124)(H,113,133)(H,114,134)(H,115,128)(H,116,131)(H,121,122)(H4,92,93,100)(H4,94,95,101)(H4,96,97,102)(H3,98,103,136)(H3,99,104,137)/t56-,57-,58-,59-,60-,61-,62+,63-,64-,65-,66-,67-,68-/m0/s1. The highest BCUT2D eigenvalue weighted by Crippen LogP contribution is 2.24. The molecule has 1 heterocycles. The van der Waals surface area contributed by atoms with E-state index in [4.69, 9.17) is 62.1 Å². The van der Waals surface area contributed by atoms with Crippen LogP contribution in [0.2, 0.25) is 0 Å². The molecule has 13 atom stereocenters. The van der Waals surface area contributed by atoms with Crippen molar-refractivity contribution >= 4 is 155 Å². The van der Waals surface area contributed by atoms with Gasteiger partial charge in [-0.3, -0.25) is 88.1 Å². The summed E-state index contributed by atoms with van der Waals surface area (Å²) in [7, 11) is 0. The van der Waals surface area contributed by atoms with Crippen LogP contribution in [0.4, 0.5) is 9.59 Å². The molecule has 0 radical (unpaired) electrons. The molecule has 0 aromatic heterocycles. The zero-order valence-corrected chi connectivity index (χ0v) is 79.0. The van der Waals surface area contributed by atoms with Gasteiger partial charge in [0.15, 0.2) is 17.9 Å². The van der Waals surface area contributed by atoms with Crippen LogP contribution in [0, 0.1) is 16.2 Å². The number of nitrogens with two attached hydrogens (primary N) is 8. The molecule has 1 aliphatic heterocycles. The molecule has 0 aliphatic carbocycles. The lowest BCUT2D eigenvalue weighted by Crippen LogP contribution is -2.61. The van der Waals surface area contributed by atoms with E-state index in [2.05, 4.69) is 116 Å². The van der Waals surface area contributed by atoms with Crippen molar-refractivity contribution in [1.29, 1.82) is 16.2 Å². The number of unbranched alkanes of at least 4 members (excludes halogenated alkanes) is 2. The third kappa shape index (κ3) is 43.3. The van der Waals surface area contributed by atoms with E-state index in [0.717, 1.165) is 15.7 Å². The minimum atomic E-state index is -1.78. The van der Waals surface area contributed by atoms with Crippen LogP contribution < -0.4 is 136 Å². The van der Waals surface area contributed by atoms with Crippen LogP contribution in [-0.4, -0.2) is 281 Å². The number of nitrogens with zero attached hydrogens (tertiary/aromatic N) is 1. The summed E-state index contributed by atoms with van der Waals surface area (Å²) in [4.78, 5) is 240. The number of carboxylic acid groups (broad SMARTS) is 1. The molecule has 0 unspecified atom stereocenters. The predicted octanol–water partition coefficient (Wildman–Crippen LogP) is -5.76. The Morgan fingerprint density at radius 2 is 0.691 bits per heavy atom. The van der Waals surface area contributed by atoms with Crippen LogP contribution in [0.25, 0.3) is 10.8 Å². The van der Waals surface area contributed by atoms with Gasteiger partial charge in [-0.2, -0.15) is 25.3 Å². The maximum atomic E-state index is 15.2. The molecule has 4 aromatic carbocycles. The lowest BCUT2D eigenvalue weighted by atomic mass is 10.00. The Kier molecular flexibility index (Phi) is 51.2. The second kappa shape index (κ2) is 61.8. The number of urea groups is 2. The van der Waals surface area contributed by atoms with E-state index in [1.54, 1.807) is 12.1 Å². The lowest BCUT2D eigenvalue weighted by molar-refractivity contribution is -0.143. The van der Waals surface area contributed by atoms with Crippen molar-refractivity contribution in [3.8, 4) is 11.5 Å². The summed E-state index contributed by atoms with van der Waals surface area (Å²) in [5.74, 6) is -17.0. The molecule has 1 aliphatic rings. The highest BCUT2D eigenvalue weighted by Gasteiger charge is 2.42. The van der Waals surface area contributed by atoms with Gasteiger partial charge in [-0.25, -0.2) is 9.59 Å². The molecule has 5 rings (SSSR count). The number of benzene rings is 4. The first-order valence-electron chi connectivity index (χ1n) is 45.6. The van der Waals surface area contributed by atoms with Crippen LogP contribution in [-0.2, 0) is 91.2 Å². The van der Waals surface area contributed by atoms with Crippen LogP contribution in [0.5, 0.6) is 11.5 Å². The maximum Gasteiger partial charge on any atom is 0.312 e. The Balaban J connectivity index is 1.46. The number of likely N-dealkylation sites (tertiary alicyclic amines) is 1. The van der Waals surface area contributed by atoms with E-state index < -0.39 is 204 Å². The molecule has 0 saturated carbocycles. The Hall–Kier alpha value is -14.2.